The van der Waals surface area contributed by atoms with Crippen LogP contribution in [0, 0.1) is 46.3 Å². The molecule has 0 saturated heterocycles. The second-order valence-electron chi connectivity index (χ2n) is 14.2. The molecule has 10 atom stereocenters. The number of aliphatic hydroxyl groups is 2. The minimum Gasteiger partial charge on any atom is -0.493 e. The van der Waals surface area contributed by atoms with Crippen LogP contribution in [0.2, 0.25) is 5.02 Å². The molecule has 0 aliphatic heterocycles. The van der Waals surface area contributed by atoms with E-state index >= 15 is 0 Å². The number of aromatic amines is 1. The van der Waals surface area contributed by atoms with Crippen molar-refractivity contribution < 1.29 is 20.1 Å². The summed E-state index contributed by atoms with van der Waals surface area (Å²) in [5.41, 5.74) is 1.26. The van der Waals surface area contributed by atoms with E-state index in [-0.39, 0.29) is 40.5 Å². The van der Waals surface area contributed by atoms with Crippen LogP contribution in [-0.4, -0.2) is 38.4 Å². The van der Waals surface area contributed by atoms with Crippen molar-refractivity contribution in [2.24, 2.45) is 56.6 Å². The predicted molar refractivity (Wildman–Crippen MR) is 163 cm³/mol. The van der Waals surface area contributed by atoms with Gasteiger partial charge in [0, 0.05) is 21.3 Å². The number of nitrogens with zero attached hydrogens (tertiary/aromatic N) is 2. The van der Waals surface area contributed by atoms with Crippen LogP contribution in [-0.2, 0) is 4.79 Å². The second kappa shape index (κ2) is 10.9. The highest BCUT2D eigenvalue weighted by molar-refractivity contribution is 9.10. The van der Waals surface area contributed by atoms with Crippen LogP contribution in [0.5, 0.6) is 5.88 Å². The lowest BCUT2D eigenvalue weighted by atomic mass is 9.43. The average molecular weight is 649 g/mol. The van der Waals surface area contributed by atoms with E-state index in [1.807, 2.05) is 0 Å². The molecule has 1 aromatic carbocycles. The summed E-state index contributed by atoms with van der Waals surface area (Å²) in [6.45, 7) is 7.18. The molecular formula is C32H43BrClN3O4. The normalized spacial score (nSPS) is 39.4. The van der Waals surface area contributed by atoms with E-state index < -0.39 is 0 Å². The topological polar surface area (TPSA) is 118 Å². The molecule has 1 amide bonds. The Morgan fingerprint density at radius 1 is 1.12 bits per heavy atom. The average Bonchev–Trinajstić information content (AvgIpc) is 3.43. The van der Waals surface area contributed by atoms with Gasteiger partial charge in [0.25, 0.3) is 5.91 Å². The van der Waals surface area contributed by atoms with Crippen LogP contribution in [0.25, 0.3) is 10.9 Å². The molecule has 1 aromatic heterocycles. The molecule has 4 fully saturated rings. The number of halogens is 2. The van der Waals surface area contributed by atoms with Crippen molar-refractivity contribution in [1.29, 1.82) is 0 Å². The van der Waals surface area contributed by atoms with Crippen LogP contribution in [0.4, 0.5) is 5.69 Å². The Bertz CT molecular complexity index is 1360. The Kier molecular flexibility index (Phi) is 7.87. The number of aromatic nitrogens is 1. The molecule has 0 unspecified atom stereocenters. The fourth-order valence-electron chi connectivity index (χ4n) is 10.2. The van der Waals surface area contributed by atoms with Crippen LogP contribution in [0.3, 0.4) is 0 Å². The van der Waals surface area contributed by atoms with E-state index in [1.165, 1.54) is 6.42 Å². The predicted octanol–water partition coefficient (Wildman–Crippen LogP) is 8.31. The molecule has 4 aliphatic rings. The lowest BCUT2D eigenvalue weighted by Crippen LogP contribution is -2.58. The third kappa shape index (κ3) is 4.98. The van der Waals surface area contributed by atoms with Crippen molar-refractivity contribution in [1.82, 2.24) is 4.98 Å². The first kappa shape index (κ1) is 29.6. The molecular weight excluding hydrogens is 606 g/mol. The molecule has 0 radical (unpaired) electrons. The van der Waals surface area contributed by atoms with Crippen LogP contribution in [0.15, 0.2) is 26.8 Å². The number of aromatic hydroxyl groups is 1. The van der Waals surface area contributed by atoms with Crippen LogP contribution in [0.1, 0.15) is 85.0 Å². The Balaban J connectivity index is 1.11. The Morgan fingerprint density at radius 2 is 1.85 bits per heavy atom. The lowest BCUT2D eigenvalue weighted by molar-refractivity contribution is -0.174. The number of hydrogen-bond donors (Lipinski definition) is 4. The Hall–Kier alpha value is -1.48. The number of aliphatic hydroxyl groups excluding tert-OH is 2. The van der Waals surface area contributed by atoms with Gasteiger partial charge in [-0.15, -0.1) is 10.2 Å². The monoisotopic (exact) mass is 647 g/mol. The highest BCUT2D eigenvalue weighted by Crippen LogP contribution is 2.68. The van der Waals surface area contributed by atoms with E-state index in [2.05, 4.69) is 51.9 Å². The van der Waals surface area contributed by atoms with Gasteiger partial charge in [-0.25, -0.2) is 0 Å². The second-order valence-corrected chi connectivity index (χ2v) is 15.5. The van der Waals surface area contributed by atoms with Gasteiger partial charge in [0.1, 0.15) is 0 Å². The van der Waals surface area contributed by atoms with E-state index in [9.17, 15) is 20.1 Å². The van der Waals surface area contributed by atoms with Crippen LogP contribution >= 0.6 is 27.5 Å². The lowest BCUT2D eigenvalue weighted by Gasteiger charge is -2.62. The molecule has 7 nitrogen and oxygen atoms in total. The van der Waals surface area contributed by atoms with Gasteiger partial charge in [-0.2, -0.15) is 0 Å². The van der Waals surface area contributed by atoms with Crippen molar-refractivity contribution in [2.45, 2.75) is 97.2 Å². The minimum absolute atomic E-state index is 0.150. The Morgan fingerprint density at radius 3 is 2.63 bits per heavy atom. The molecule has 224 valence electrons. The first-order chi connectivity index (χ1) is 19.4. The van der Waals surface area contributed by atoms with Gasteiger partial charge in [0.05, 0.1) is 17.7 Å². The van der Waals surface area contributed by atoms with E-state index in [1.54, 1.807) is 12.1 Å². The zero-order chi connectivity index (χ0) is 29.3. The summed E-state index contributed by atoms with van der Waals surface area (Å²) in [7, 11) is 0. The number of azo groups is 1. The summed E-state index contributed by atoms with van der Waals surface area (Å²) in [4.78, 5) is 15.6. The molecule has 0 bridgehead atoms. The number of carbonyl (C=O) groups excluding carboxylic acids is 1. The number of benzene rings is 1. The maximum Gasteiger partial charge on any atom is 0.264 e. The summed E-state index contributed by atoms with van der Waals surface area (Å²) in [6, 6.07) is 3.41. The van der Waals surface area contributed by atoms with Gasteiger partial charge in [-0.3, -0.25) is 4.79 Å². The largest absolute Gasteiger partial charge is 0.493 e. The molecule has 4 N–H and O–H groups in total. The van der Waals surface area contributed by atoms with Gasteiger partial charge >= 0.3 is 0 Å². The van der Waals surface area contributed by atoms with Gasteiger partial charge in [0.15, 0.2) is 5.69 Å². The van der Waals surface area contributed by atoms with Gasteiger partial charge in [0.2, 0.25) is 5.88 Å². The summed E-state index contributed by atoms with van der Waals surface area (Å²) < 4.78 is 0.696. The molecule has 6 rings (SSSR count). The van der Waals surface area contributed by atoms with Gasteiger partial charge in [-0.1, -0.05) is 32.4 Å². The standard InChI is InChI=1S/C32H43BrClN3O4/c1-16(4-7-26(40)36-37-29-20-14-18(34)15-24(33)28(20)35-30(29)41)21-5-6-22-27-23(9-11-32(21,22)3)31(2)10-8-19(38)12-17(31)13-25(27)39/h14-17,19,21-23,25,27,35,38-39,41H,4-13H2,1-3H3/t16-,17+,19+,21+,22-,23+,25-,27-,31-,32-/m1/s1. The fraction of sp³-hybridized carbons (Fsp3) is 0.719. The zero-order valence-electron chi connectivity index (χ0n) is 24.2. The van der Waals surface area contributed by atoms with E-state index in [0.717, 1.165) is 51.4 Å². The van der Waals surface area contributed by atoms with Crippen molar-refractivity contribution in [3.63, 3.8) is 0 Å². The van der Waals surface area contributed by atoms with Crippen molar-refractivity contribution in [2.75, 3.05) is 0 Å². The van der Waals surface area contributed by atoms with Crippen molar-refractivity contribution in [3.8, 4) is 5.88 Å². The SMILES string of the molecule is C[C@H](CCC(=O)N=Nc1c(O)[nH]c2c(Br)cc(Cl)cc12)[C@@H]1CC[C@@H]2[C@H]3[C@H](O)C[C@@H]4C[C@@H](O)CC[C@@]4(C)[C@H]3CC[C@@]21C. The number of rotatable bonds is 5. The number of nitrogens with one attached hydrogen (secondary N) is 1. The van der Waals surface area contributed by atoms with Gasteiger partial charge < -0.3 is 20.3 Å². The highest BCUT2D eigenvalue weighted by Gasteiger charge is 2.62. The molecule has 4 aliphatic carbocycles. The number of fused-ring (bicyclic) bond motifs is 6. The first-order valence-electron chi connectivity index (χ1n) is 15.4. The number of H-pyrrole nitrogens is 1. The summed E-state index contributed by atoms with van der Waals surface area (Å²) in [5, 5.41) is 41.3. The Labute approximate surface area is 255 Å². The van der Waals surface area contributed by atoms with E-state index in [4.69, 9.17) is 11.6 Å². The summed E-state index contributed by atoms with van der Waals surface area (Å²) in [6.07, 6.45) is 8.84. The molecule has 9 heteroatoms. The third-order valence-electron chi connectivity index (χ3n) is 12.3. The first-order valence-corrected chi connectivity index (χ1v) is 16.6. The van der Waals surface area contributed by atoms with Crippen molar-refractivity contribution in [3.05, 3.63) is 21.6 Å². The summed E-state index contributed by atoms with van der Waals surface area (Å²) in [5.74, 6) is 2.25. The molecule has 1 heterocycles. The third-order valence-corrected chi connectivity index (χ3v) is 13.1. The highest BCUT2D eigenvalue weighted by atomic mass is 79.9. The summed E-state index contributed by atoms with van der Waals surface area (Å²) >= 11 is 9.60. The molecule has 4 saturated carbocycles. The molecule has 0 spiro atoms. The van der Waals surface area contributed by atoms with E-state index in [0.29, 0.717) is 62.3 Å². The molecule has 2 aromatic rings. The number of hydrogen-bond acceptors (Lipinski definition) is 5. The minimum atomic E-state index is -0.295. The number of amides is 1. The fourth-order valence-corrected chi connectivity index (χ4v) is 11.1. The zero-order valence-corrected chi connectivity index (χ0v) is 26.6. The van der Waals surface area contributed by atoms with Gasteiger partial charge in [-0.05, 0) is 132 Å². The smallest absolute Gasteiger partial charge is 0.264 e. The van der Waals surface area contributed by atoms with Crippen molar-refractivity contribution >= 4 is 50.0 Å². The maximum absolute atomic E-state index is 12.8. The van der Waals surface area contributed by atoms with Crippen LogP contribution < -0.4 is 0 Å². The quantitative estimate of drug-likeness (QED) is 0.244. The molecule has 41 heavy (non-hydrogen) atoms. The maximum atomic E-state index is 12.8. The number of carbonyl (C=O) groups is 1.